The summed E-state index contributed by atoms with van der Waals surface area (Å²) in [7, 11) is 0. The molecule has 0 spiro atoms. The molecule has 1 aliphatic rings. The standard InChI is InChI=1S/C14H11N2O/c1-9-15-12-6-13-11-5-3-2-4-10(11)7-16(13)8-14(12)17-9/h2-6,8H,7H2,1H3/q+1. The summed E-state index contributed by atoms with van der Waals surface area (Å²) < 4.78 is 7.78. The topological polar surface area (TPSA) is 29.9 Å². The van der Waals surface area contributed by atoms with Crippen molar-refractivity contribution in [3.63, 3.8) is 0 Å². The average Bonchev–Trinajstić information content (AvgIpc) is 2.84. The Kier molecular flexibility index (Phi) is 1.55. The fourth-order valence-corrected chi connectivity index (χ4v) is 2.53. The molecule has 2 aromatic heterocycles. The van der Waals surface area contributed by atoms with E-state index in [1.807, 2.05) is 13.1 Å². The summed E-state index contributed by atoms with van der Waals surface area (Å²) in [5.74, 6) is 0.720. The molecule has 3 aromatic rings. The van der Waals surface area contributed by atoms with Gasteiger partial charge >= 0.3 is 0 Å². The van der Waals surface area contributed by atoms with Crippen LogP contribution in [-0.4, -0.2) is 4.98 Å². The molecule has 3 heteroatoms. The van der Waals surface area contributed by atoms with Crippen molar-refractivity contribution in [2.45, 2.75) is 13.5 Å². The van der Waals surface area contributed by atoms with Crippen LogP contribution < -0.4 is 4.57 Å². The molecule has 0 bridgehead atoms. The summed E-state index contributed by atoms with van der Waals surface area (Å²) in [6, 6.07) is 10.6. The average molecular weight is 223 g/mol. The van der Waals surface area contributed by atoms with Crippen LogP contribution in [-0.2, 0) is 6.54 Å². The molecule has 0 amide bonds. The highest BCUT2D eigenvalue weighted by Gasteiger charge is 2.27. The van der Waals surface area contributed by atoms with Gasteiger partial charge in [-0.15, -0.1) is 0 Å². The lowest BCUT2D eigenvalue weighted by molar-refractivity contribution is -0.671. The molecule has 0 saturated heterocycles. The van der Waals surface area contributed by atoms with Crippen molar-refractivity contribution in [3.8, 4) is 11.3 Å². The predicted molar refractivity (Wildman–Crippen MR) is 63.5 cm³/mol. The number of benzene rings is 1. The van der Waals surface area contributed by atoms with Gasteiger partial charge in [-0.3, -0.25) is 0 Å². The second kappa shape index (κ2) is 2.94. The van der Waals surface area contributed by atoms with Gasteiger partial charge in [0.15, 0.2) is 12.4 Å². The van der Waals surface area contributed by atoms with E-state index < -0.39 is 0 Å². The minimum Gasteiger partial charge on any atom is -0.435 e. The first-order valence-corrected chi connectivity index (χ1v) is 5.70. The molecule has 3 heterocycles. The van der Waals surface area contributed by atoms with Gasteiger partial charge < -0.3 is 4.42 Å². The zero-order chi connectivity index (χ0) is 11.4. The maximum Gasteiger partial charge on any atom is 0.218 e. The Balaban J connectivity index is 2.06. The van der Waals surface area contributed by atoms with Crippen LogP contribution in [0.2, 0.25) is 0 Å². The van der Waals surface area contributed by atoms with E-state index >= 15 is 0 Å². The number of rotatable bonds is 0. The number of fused-ring (bicyclic) bond motifs is 4. The summed E-state index contributed by atoms with van der Waals surface area (Å²) in [4.78, 5) is 4.38. The lowest BCUT2D eigenvalue weighted by atomic mass is 10.1. The fraction of sp³-hybridized carbons (Fsp3) is 0.143. The van der Waals surface area contributed by atoms with E-state index in [1.165, 1.54) is 16.8 Å². The van der Waals surface area contributed by atoms with E-state index in [9.17, 15) is 0 Å². The molecular weight excluding hydrogens is 212 g/mol. The van der Waals surface area contributed by atoms with Crippen LogP contribution in [0.15, 0.2) is 40.9 Å². The van der Waals surface area contributed by atoms with Gasteiger partial charge in [0.25, 0.3) is 0 Å². The molecule has 0 fully saturated rings. The molecule has 0 unspecified atom stereocenters. The smallest absolute Gasteiger partial charge is 0.218 e. The molecule has 0 N–H and O–H groups in total. The largest absolute Gasteiger partial charge is 0.435 e. The number of nitrogens with zero attached hydrogens (tertiary/aromatic N) is 2. The molecule has 0 atom stereocenters. The molecule has 1 aromatic carbocycles. The number of aromatic nitrogens is 2. The molecule has 0 saturated carbocycles. The van der Waals surface area contributed by atoms with Crippen LogP contribution in [0.1, 0.15) is 11.5 Å². The molecule has 0 aliphatic carbocycles. The van der Waals surface area contributed by atoms with Crippen molar-refractivity contribution < 1.29 is 8.98 Å². The van der Waals surface area contributed by atoms with Crippen LogP contribution in [0.3, 0.4) is 0 Å². The van der Waals surface area contributed by atoms with E-state index in [1.54, 1.807) is 0 Å². The number of hydrogen-bond acceptors (Lipinski definition) is 2. The van der Waals surface area contributed by atoms with Crippen LogP contribution in [0.5, 0.6) is 0 Å². The Hall–Kier alpha value is -2.16. The number of hydrogen-bond donors (Lipinski definition) is 0. The van der Waals surface area contributed by atoms with E-state index in [-0.39, 0.29) is 0 Å². The van der Waals surface area contributed by atoms with Gasteiger partial charge in [-0.25, -0.2) is 4.98 Å². The van der Waals surface area contributed by atoms with Crippen molar-refractivity contribution in [2.75, 3.05) is 0 Å². The molecule has 3 nitrogen and oxygen atoms in total. The van der Waals surface area contributed by atoms with Crippen molar-refractivity contribution in [2.24, 2.45) is 0 Å². The normalized spacial score (nSPS) is 12.8. The van der Waals surface area contributed by atoms with Gasteiger partial charge in [0.05, 0.1) is 5.56 Å². The minimum atomic E-state index is 0.720. The van der Waals surface area contributed by atoms with Crippen molar-refractivity contribution in [1.82, 2.24) is 4.98 Å². The number of aryl methyl sites for hydroxylation is 1. The number of oxazole rings is 1. The van der Waals surface area contributed by atoms with Crippen molar-refractivity contribution in [3.05, 3.63) is 48.0 Å². The Labute approximate surface area is 98.3 Å². The third-order valence-corrected chi connectivity index (χ3v) is 3.28. The summed E-state index contributed by atoms with van der Waals surface area (Å²) in [5.41, 5.74) is 5.68. The summed E-state index contributed by atoms with van der Waals surface area (Å²) in [6.07, 6.45) is 2.05. The van der Waals surface area contributed by atoms with E-state index in [0.717, 1.165) is 23.5 Å². The monoisotopic (exact) mass is 223 g/mol. The second-order valence-electron chi connectivity index (χ2n) is 4.43. The molecule has 82 valence electrons. The van der Waals surface area contributed by atoms with Gasteiger partial charge in [-0.05, 0) is 6.07 Å². The lowest BCUT2D eigenvalue weighted by Gasteiger charge is -1.92. The molecule has 17 heavy (non-hydrogen) atoms. The van der Waals surface area contributed by atoms with Crippen LogP contribution >= 0.6 is 0 Å². The summed E-state index contributed by atoms with van der Waals surface area (Å²) in [5, 5.41) is 0. The molecule has 0 radical (unpaired) electrons. The van der Waals surface area contributed by atoms with Gasteiger partial charge in [0, 0.05) is 18.6 Å². The van der Waals surface area contributed by atoms with E-state index in [0.29, 0.717) is 0 Å². The first-order chi connectivity index (χ1) is 8.31. The van der Waals surface area contributed by atoms with Gasteiger partial charge in [-0.1, -0.05) is 18.2 Å². The SMILES string of the molecule is Cc1nc2cc3[n+](cc2o1)Cc1ccccc1-3. The zero-order valence-corrected chi connectivity index (χ0v) is 9.47. The first-order valence-electron chi connectivity index (χ1n) is 5.70. The Morgan fingerprint density at radius 3 is 3.12 bits per heavy atom. The minimum absolute atomic E-state index is 0.720. The maximum atomic E-state index is 5.56. The van der Waals surface area contributed by atoms with Gasteiger partial charge in [-0.2, -0.15) is 4.57 Å². The highest BCUT2D eigenvalue weighted by molar-refractivity contribution is 5.77. The van der Waals surface area contributed by atoms with Crippen molar-refractivity contribution >= 4 is 11.1 Å². The first kappa shape index (κ1) is 8.93. The van der Waals surface area contributed by atoms with E-state index in [2.05, 4.69) is 39.9 Å². The third-order valence-electron chi connectivity index (χ3n) is 3.28. The molecule has 4 rings (SSSR count). The third kappa shape index (κ3) is 1.16. The highest BCUT2D eigenvalue weighted by Crippen LogP contribution is 2.28. The Morgan fingerprint density at radius 2 is 2.18 bits per heavy atom. The van der Waals surface area contributed by atoms with Gasteiger partial charge in [0.2, 0.25) is 17.5 Å². The van der Waals surface area contributed by atoms with Crippen molar-refractivity contribution in [1.29, 1.82) is 0 Å². The Bertz CT molecular complexity index is 743. The second-order valence-corrected chi connectivity index (χ2v) is 4.43. The summed E-state index contributed by atoms with van der Waals surface area (Å²) in [6.45, 7) is 2.80. The van der Waals surface area contributed by atoms with Crippen LogP contribution in [0.25, 0.3) is 22.4 Å². The quantitative estimate of drug-likeness (QED) is 0.429. The summed E-state index contributed by atoms with van der Waals surface area (Å²) >= 11 is 0. The molecule has 1 aliphatic heterocycles. The maximum absolute atomic E-state index is 5.56. The lowest BCUT2D eigenvalue weighted by Crippen LogP contribution is -2.31. The van der Waals surface area contributed by atoms with E-state index in [4.69, 9.17) is 4.42 Å². The predicted octanol–water partition coefficient (Wildman–Crippen LogP) is 2.45. The Morgan fingerprint density at radius 1 is 1.29 bits per heavy atom. The molecular formula is C14H11N2O+. The van der Waals surface area contributed by atoms with Crippen LogP contribution in [0, 0.1) is 6.92 Å². The fourth-order valence-electron chi connectivity index (χ4n) is 2.53. The van der Waals surface area contributed by atoms with Gasteiger partial charge in [0.1, 0.15) is 5.52 Å². The zero-order valence-electron chi connectivity index (χ0n) is 9.47. The van der Waals surface area contributed by atoms with Crippen LogP contribution in [0.4, 0.5) is 0 Å². The highest BCUT2D eigenvalue weighted by atomic mass is 16.3. The number of pyridine rings is 1.